The van der Waals surface area contributed by atoms with Gasteiger partial charge in [-0.3, -0.25) is 9.59 Å². The van der Waals surface area contributed by atoms with Crippen LogP contribution in [0, 0.1) is 5.92 Å². The minimum absolute atomic E-state index is 0.0558. The van der Waals surface area contributed by atoms with Crippen molar-refractivity contribution in [2.75, 3.05) is 11.4 Å². The molecular weight excluding hydrogens is 300 g/mol. The van der Waals surface area contributed by atoms with Crippen LogP contribution in [0.15, 0.2) is 24.3 Å². The van der Waals surface area contributed by atoms with Crippen LogP contribution in [0.1, 0.15) is 57.4 Å². The number of carbonyl (C=O) groups is 2. The molecule has 0 radical (unpaired) electrons. The van der Waals surface area contributed by atoms with Gasteiger partial charge in [-0.1, -0.05) is 44.7 Å². The first-order valence-corrected chi connectivity index (χ1v) is 9.37. The van der Waals surface area contributed by atoms with Crippen LogP contribution in [0.25, 0.3) is 0 Å². The molecule has 1 aromatic rings. The highest BCUT2D eigenvalue weighted by Gasteiger charge is 2.35. The predicted octanol–water partition coefficient (Wildman–Crippen LogP) is 3.44. The van der Waals surface area contributed by atoms with Gasteiger partial charge in [-0.05, 0) is 37.0 Å². The first-order chi connectivity index (χ1) is 11.7. The second-order valence-electron chi connectivity index (χ2n) is 7.12. The molecule has 2 aliphatic rings. The van der Waals surface area contributed by atoms with Crippen molar-refractivity contribution in [2.45, 2.75) is 64.3 Å². The summed E-state index contributed by atoms with van der Waals surface area (Å²) in [5, 5.41) is 3.19. The summed E-state index contributed by atoms with van der Waals surface area (Å²) in [6, 6.07) is 8.39. The zero-order chi connectivity index (χ0) is 16.9. The summed E-state index contributed by atoms with van der Waals surface area (Å²) < 4.78 is 0. The number of anilines is 1. The van der Waals surface area contributed by atoms with E-state index in [4.69, 9.17) is 0 Å². The standard InChI is InChI=1S/C20H28N2O2/c1-2-15-9-11-18(12-10-15)22-14-16(13-19(22)23)20(24)21-17-7-5-3-4-6-8-17/h9-12,16-17H,2-8,13-14H2,1H3,(H,21,24)/t16-/m1/s1. The van der Waals surface area contributed by atoms with Crippen molar-refractivity contribution >= 4 is 17.5 Å². The molecule has 3 rings (SSSR count). The number of benzene rings is 1. The SMILES string of the molecule is CCc1ccc(N2C[C@H](C(=O)NC3CCCCCC3)CC2=O)cc1. The molecule has 130 valence electrons. The fourth-order valence-corrected chi connectivity index (χ4v) is 3.79. The Labute approximate surface area is 144 Å². The summed E-state index contributed by atoms with van der Waals surface area (Å²) in [4.78, 5) is 26.7. The molecule has 1 N–H and O–H groups in total. The highest BCUT2D eigenvalue weighted by molar-refractivity contribution is 6.00. The van der Waals surface area contributed by atoms with Crippen molar-refractivity contribution in [1.82, 2.24) is 5.32 Å². The van der Waals surface area contributed by atoms with E-state index in [2.05, 4.69) is 24.4 Å². The van der Waals surface area contributed by atoms with Crippen LogP contribution in [0.4, 0.5) is 5.69 Å². The van der Waals surface area contributed by atoms with Gasteiger partial charge in [-0.15, -0.1) is 0 Å². The van der Waals surface area contributed by atoms with Crippen LogP contribution in [-0.4, -0.2) is 24.4 Å². The molecular formula is C20H28N2O2. The molecule has 1 saturated heterocycles. The molecule has 1 atom stereocenters. The molecule has 1 saturated carbocycles. The van der Waals surface area contributed by atoms with Crippen molar-refractivity contribution in [3.05, 3.63) is 29.8 Å². The van der Waals surface area contributed by atoms with Gasteiger partial charge in [0.2, 0.25) is 11.8 Å². The fraction of sp³-hybridized carbons (Fsp3) is 0.600. The lowest BCUT2D eigenvalue weighted by atomic mass is 10.0. The molecule has 4 heteroatoms. The Balaban J connectivity index is 1.59. The van der Waals surface area contributed by atoms with E-state index in [0.29, 0.717) is 19.0 Å². The molecule has 1 heterocycles. The van der Waals surface area contributed by atoms with Crippen molar-refractivity contribution in [1.29, 1.82) is 0 Å². The highest BCUT2D eigenvalue weighted by atomic mass is 16.2. The third-order valence-electron chi connectivity index (χ3n) is 5.35. The summed E-state index contributed by atoms with van der Waals surface area (Å²) in [7, 11) is 0. The Morgan fingerprint density at radius 2 is 1.79 bits per heavy atom. The highest BCUT2D eigenvalue weighted by Crippen LogP contribution is 2.26. The second kappa shape index (κ2) is 7.82. The van der Waals surface area contributed by atoms with E-state index in [0.717, 1.165) is 24.9 Å². The zero-order valence-corrected chi connectivity index (χ0v) is 14.6. The van der Waals surface area contributed by atoms with Gasteiger partial charge in [0.15, 0.2) is 0 Å². The third kappa shape index (κ3) is 3.97. The van der Waals surface area contributed by atoms with Crippen LogP contribution in [0.5, 0.6) is 0 Å². The van der Waals surface area contributed by atoms with Gasteiger partial charge in [0.05, 0.1) is 5.92 Å². The van der Waals surface area contributed by atoms with Gasteiger partial charge in [-0.25, -0.2) is 0 Å². The summed E-state index contributed by atoms with van der Waals surface area (Å²) in [6.45, 7) is 2.62. The lowest BCUT2D eigenvalue weighted by Crippen LogP contribution is -2.39. The monoisotopic (exact) mass is 328 g/mol. The first kappa shape index (κ1) is 17.0. The van der Waals surface area contributed by atoms with Crippen LogP contribution in [0.2, 0.25) is 0 Å². The maximum Gasteiger partial charge on any atom is 0.227 e. The molecule has 1 aliphatic heterocycles. The van der Waals surface area contributed by atoms with Gasteiger partial charge < -0.3 is 10.2 Å². The number of hydrogen-bond donors (Lipinski definition) is 1. The minimum atomic E-state index is -0.216. The molecule has 0 bridgehead atoms. The Morgan fingerprint density at radius 1 is 1.12 bits per heavy atom. The zero-order valence-electron chi connectivity index (χ0n) is 14.6. The Kier molecular flexibility index (Phi) is 5.54. The van der Waals surface area contributed by atoms with Crippen LogP contribution >= 0.6 is 0 Å². The van der Waals surface area contributed by atoms with Gasteiger partial charge in [-0.2, -0.15) is 0 Å². The number of amides is 2. The Hall–Kier alpha value is -1.84. The Bertz CT molecular complexity index is 574. The molecule has 2 fully saturated rings. The van der Waals surface area contributed by atoms with Crippen molar-refractivity contribution in [3.63, 3.8) is 0 Å². The molecule has 0 unspecified atom stereocenters. The van der Waals surface area contributed by atoms with Crippen LogP contribution < -0.4 is 10.2 Å². The van der Waals surface area contributed by atoms with E-state index in [1.807, 2.05) is 12.1 Å². The number of nitrogens with zero attached hydrogens (tertiary/aromatic N) is 1. The van der Waals surface area contributed by atoms with Crippen molar-refractivity contribution < 1.29 is 9.59 Å². The number of rotatable bonds is 4. The fourth-order valence-electron chi connectivity index (χ4n) is 3.79. The summed E-state index contributed by atoms with van der Waals surface area (Å²) in [5.74, 6) is -0.102. The summed E-state index contributed by atoms with van der Waals surface area (Å²) in [6.07, 6.45) is 8.42. The van der Waals surface area contributed by atoms with E-state index < -0.39 is 0 Å². The molecule has 0 aromatic heterocycles. The van der Waals surface area contributed by atoms with E-state index >= 15 is 0 Å². The first-order valence-electron chi connectivity index (χ1n) is 9.37. The predicted molar refractivity (Wildman–Crippen MR) is 95.9 cm³/mol. The smallest absolute Gasteiger partial charge is 0.227 e. The molecule has 0 spiro atoms. The van der Waals surface area contributed by atoms with E-state index in [1.165, 1.54) is 31.2 Å². The van der Waals surface area contributed by atoms with Crippen LogP contribution in [0.3, 0.4) is 0 Å². The minimum Gasteiger partial charge on any atom is -0.353 e. The van der Waals surface area contributed by atoms with Gasteiger partial charge >= 0.3 is 0 Å². The molecule has 4 nitrogen and oxygen atoms in total. The lowest BCUT2D eigenvalue weighted by Gasteiger charge is -2.20. The van der Waals surface area contributed by atoms with E-state index in [1.54, 1.807) is 4.90 Å². The van der Waals surface area contributed by atoms with Gasteiger partial charge in [0.25, 0.3) is 0 Å². The molecule has 1 aliphatic carbocycles. The van der Waals surface area contributed by atoms with Crippen molar-refractivity contribution in [3.8, 4) is 0 Å². The average Bonchev–Trinajstić information content (AvgIpc) is 2.81. The number of aryl methyl sites for hydroxylation is 1. The molecule has 1 aromatic carbocycles. The second-order valence-corrected chi connectivity index (χ2v) is 7.12. The summed E-state index contributed by atoms with van der Waals surface area (Å²) in [5.41, 5.74) is 2.16. The number of nitrogens with one attached hydrogen (secondary N) is 1. The molecule has 2 amide bonds. The maximum absolute atomic E-state index is 12.6. The Morgan fingerprint density at radius 3 is 2.42 bits per heavy atom. The van der Waals surface area contributed by atoms with E-state index in [-0.39, 0.29) is 17.7 Å². The van der Waals surface area contributed by atoms with E-state index in [9.17, 15) is 9.59 Å². The number of carbonyl (C=O) groups excluding carboxylic acids is 2. The summed E-state index contributed by atoms with van der Waals surface area (Å²) >= 11 is 0. The number of hydrogen-bond acceptors (Lipinski definition) is 2. The molecule has 24 heavy (non-hydrogen) atoms. The van der Waals surface area contributed by atoms with Crippen molar-refractivity contribution in [2.24, 2.45) is 5.92 Å². The third-order valence-corrected chi connectivity index (χ3v) is 5.35. The lowest BCUT2D eigenvalue weighted by molar-refractivity contribution is -0.127. The normalized spacial score (nSPS) is 22.5. The van der Waals surface area contributed by atoms with Gasteiger partial charge in [0.1, 0.15) is 0 Å². The quantitative estimate of drug-likeness (QED) is 0.861. The largest absolute Gasteiger partial charge is 0.353 e. The van der Waals surface area contributed by atoms with Crippen LogP contribution in [-0.2, 0) is 16.0 Å². The topological polar surface area (TPSA) is 49.4 Å². The van der Waals surface area contributed by atoms with Gasteiger partial charge in [0, 0.05) is 24.7 Å². The average molecular weight is 328 g/mol. The maximum atomic E-state index is 12.6.